The number of nitrogens with one attached hydrogen (secondary N) is 1. The van der Waals surface area contributed by atoms with Crippen molar-refractivity contribution in [2.45, 2.75) is 31.3 Å². The fourth-order valence-electron chi connectivity index (χ4n) is 5.27. The van der Waals surface area contributed by atoms with E-state index in [9.17, 15) is 19.7 Å². The van der Waals surface area contributed by atoms with Crippen LogP contribution >= 0.6 is 0 Å². The highest BCUT2D eigenvalue weighted by molar-refractivity contribution is 6.01. The van der Waals surface area contributed by atoms with Crippen molar-refractivity contribution >= 4 is 17.4 Å². The number of ether oxygens (including phenoxy) is 1. The van der Waals surface area contributed by atoms with Gasteiger partial charge < -0.3 is 10.1 Å². The number of nitro benzene ring substituents is 1. The molecule has 7 nitrogen and oxygen atoms in total. The van der Waals surface area contributed by atoms with E-state index < -0.39 is 22.7 Å². The average Bonchev–Trinajstić information content (AvgIpc) is 2.92. The number of esters is 1. The number of nitro groups is 1. The van der Waals surface area contributed by atoms with Crippen molar-refractivity contribution in [2.24, 2.45) is 5.92 Å². The Balaban J connectivity index is 1.52. The van der Waals surface area contributed by atoms with Crippen molar-refractivity contribution in [3.05, 3.63) is 135 Å². The van der Waals surface area contributed by atoms with Gasteiger partial charge in [0.1, 0.15) is 12.5 Å². The second-order valence-electron chi connectivity index (χ2n) is 9.38. The SMILES string of the molecule is C=C1NC2=C(C(=O)CC(c3ccccc3)C2)C(c2ccc([N+](=O)[O-])cc2)C1C(=O)OCc1ccccc1. The maximum Gasteiger partial charge on any atom is 0.316 e. The third-order valence-electron chi connectivity index (χ3n) is 7.05. The molecule has 0 bridgehead atoms. The summed E-state index contributed by atoms with van der Waals surface area (Å²) in [5.74, 6) is -2.07. The third kappa shape index (κ3) is 4.93. The highest BCUT2D eigenvalue weighted by atomic mass is 16.6. The lowest BCUT2D eigenvalue weighted by Crippen LogP contribution is -2.42. The van der Waals surface area contributed by atoms with Gasteiger partial charge in [-0.1, -0.05) is 79.4 Å². The summed E-state index contributed by atoms with van der Waals surface area (Å²) in [6.45, 7) is 4.23. The Morgan fingerprint density at radius 1 is 0.946 bits per heavy atom. The Morgan fingerprint density at radius 2 is 1.59 bits per heavy atom. The first-order chi connectivity index (χ1) is 17.9. The van der Waals surface area contributed by atoms with Gasteiger partial charge in [0.15, 0.2) is 5.78 Å². The number of benzene rings is 3. The van der Waals surface area contributed by atoms with Crippen LogP contribution in [0, 0.1) is 16.0 Å². The summed E-state index contributed by atoms with van der Waals surface area (Å²) < 4.78 is 5.68. The topological polar surface area (TPSA) is 98.5 Å². The highest BCUT2D eigenvalue weighted by Crippen LogP contribution is 2.47. The van der Waals surface area contributed by atoms with E-state index in [-0.39, 0.29) is 24.0 Å². The average molecular weight is 495 g/mol. The van der Waals surface area contributed by atoms with Crippen LogP contribution in [0.1, 0.15) is 41.4 Å². The molecular weight excluding hydrogens is 468 g/mol. The summed E-state index contributed by atoms with van der Waals surface area (Å²) >= 11 is 0. The minimum absolute atomic E-state index is 0.00634. The molecule has 186 valence electrons. The lowest BCUT2D eigenvalue weighted by atomic mass is 9.69. The maximum atomic E-state index is 13.6. The number of non-ortho nitro benzene ring substituents is 1. The zero-order valence-corrected chi connectivity index (χ0v) is 20.1. The van der Waals surface area contributed by atoms with Crippen LogP contribution in [0.15, 0.2) is 108 Å². The largest absolute Gasteiger partial charge is 0.460 e. The molecule has 3 unspecified atom stereocenters. The van der Waals surface area contributed by atoms with E-state index in [1.165, 1.54) is 12.1 Å². The van der Waals surface area contributed by atoms with Gasteiger partial charge in [0.05, 0.1) is 4.92 Å². The van der Waals surface area contributed by atoms with Crippen molar-refractivity contribution in [3.63, 3.8) is 0 Å². The number of ketones is 1. The number of hydrogen-bond donors (Lipinski definition) is 1. The van der Waals surface area contributed by atoms with Crippen LogP contribution in [0.25, 0.3) is 0 Å². The van der Waals surface area contributed by atoms with Crippen LogP contribution in [-0.2, 0) is 20.9 Å². The number of Topliss-reactive ketones (excluding diaryl/α,β-unsaturated/α-hetero) is 1. The first-order valence-electron chi connectivity index (χ1n) is 12.1. The zero-order valence-electron chi connectivity index (χ0n) is 20.1. The van der Waals surface area contributed by atoms with Crippen molar-refractivity contribution in [1.29, 1.82) is 0 Å². The number of rotatable bonds is 6. The first kappa shape index (κ1) is 24.2. The smallest absolute Gasteiger partial charge is 0.316 e. The molecule has 0 saturated heterocycles. The van der Waals surface area contributed by atoms with Gasteiger partial charge >= 0.3 is 5.97 Å². The summed E-state index contributed by atoms with van der Waals surface area (Å²) in [6, 6.07) is 25.2. The zero-order chi connectivity index (χ0) is 25.9. The molecule has 5 rings (SSSR count). The molecule has 1 N–H and O–H groups in total. The quantitative estimate of drug-likeness (QED) is 0.274. The molecule has 0 radical (unpaired) electrons. The minimum Gasteiger partial charge on any atom is -0.460 e. The molecule has 0 spiro atoms. The first-order valence-corrected chi connectivity index (χ1v) is 12.1. The molecular formula is C30H26N2O5. The predicted octanol–water partition coefficient (Wildman–Crippen LogP) is 5.56. The summed E-state index contributed by atoms with van der Waals surface area (Å²) in [5, 5.41) is 14.5. The lowest BCUT2D eigenvalue weighted by Gasteiger charge is -2.40. The van der Waals surface area contributed by atoms with Crippen molar-refractivity contribution in [2.75, 3.05) is 0 Å². The van der Waals surface area contributed by atoms with E-state index in [2.05, 4.69) is 11.9 Å². The summed E-state index contributed by atoms with van der Waals surface area (Å²) in [6.07, 6.45) is 0.908. The molecule has 0 fully saturated rings. The van der Waals surface area contributed by atoms with Crippen LogP contribution in [-0.4, -0.2) is 16.7 Å². The molecule has 0 amide bonds. The standard InChI is InChI=1S/C30H26N2O5/c1-19-27(30(34)37-18-20-8-4-2-5-9-20)28(22-12-14-24(15-13-22)32(35)36)29-25(31-19)16-23(17-26(29)33)21-10-6-3-7-11-21/h2-15,23,27-28,31H,1,16-18H2. The Bertz CT molecular complexity index is 1380. The minimum atomic E-state index is -0.860. The second-order valence-corrected chi connectivity index (χ2v) is 9.38. The molecule has 3 aromatic rings. The molecule has 3 atom stereocenters. The predicted molar refractivity (Wildman–Crippen MR) is 138 cm³/mol. The number of carbonyl (C=O) groups excluding carboxylic acids is 2. The Labute approximate surface area is 214 Å². The van der Waals surface area contributed by atoms with Crippen molar-refractivity contribution < 1.29 is 19.2 Å². The second kappa shape index (κ2) is 10.2. The van der Waals surface area contributed by atoms with Gasteiger partial charge in [0, 0.05) is 41.4 Å². The van der Waals surface area contributed by atoms with E-state index in [1.807, 2.05) is 60.7 Å². The van der Waals surface area contributed by atoms with Crippen molar-refractivity contribution in [3.8, 4) is 0 Å². The van der Waals surface area contributed by atoms with E-state index in [1.54, 1.807) is 12.1 Å². The number of hydrogen-bond acceptors (Lipinski definition) is 6. The van der Waals surface area contributed by atoms with Gasteiger partial charge in [-0.25, -0.2) is 0 Å². The van der Waals surface area contributed by atoms with Gasteiger partial charge in [-0.15, -0.1) is 0 Å². The fraction of sp³-hybridized carbons (Fsp3) is 0.200. The summed E-state index contributed by atoms with van der Waals surface area (Å²) in [4.78, 5) is 37.8. The Kier molecular flexibility index (Phi) is 6.68. The molecule has 3 aromatic carbocycles. The lowest BCUT2D eigenvalue weighted by molar-refractivity contribution is -0.384. The third-order valence-corrected chi connectivity index (χ3v) is 7.05. The van der Waals surface area contributed by atoms with Gasteiger partial charge in [-0.3, -0.25) is 19.7 Å². The normalized spacial score (nSPS) is 21.1. The van der Waals surface area contributed by atoms with E-state index in [4.69, 9.17) is 4.74 Å². The Hall–Kier alpha value is -4.52. The van der Waals surface area contributed by atoms with E-state index in [0.29, 0.717) is 29.7 Å². The van der Waals surface area contributed by atoms with Crippen LogP contribution in [0.2, 0.25) is 0 Å². The van der Waals surface area contributed by atoms with Crippen LogP contribution in [0.4, 0.5) is 5.69 Å². The van der Waals surface area contributed by atoms with Gasteiger partial charge in [0.25, 0.3) is 5.69 Å². The van der Waals surface area contributed by atoms with Crippen LogP contribution in [0.5, 0.6) is 0 Å². The maximum absolute atomic E-state index is 13.6. The molecule has 1 heterocycles. The van der Waals surface area contributed by atoms with Gasteiger partial charge in [-0.05, 0) is 29.0 Å². The molecule has 0 aromatic heterocycles. The van der Waals surface area contributed by atoms with Gasteiger partial charge in [-0.2, -0.15) is 0 Å². The summed E-state index contributed by atoms with van der Waals surface area (Å²) in [7, 11) is 0. The van der Waals surface area contributed by atoms with Gasteiger partial charge in [0.2, 0.25) is 0 Å². The molecule has 37 heavy (non-hydrogen) atoms. The molecule has 0 saturated carbocycles. The molecule has 1 aliphatic heterocycles. The van der Waals surface area contributed by atoms with Crippen LogP contribution in [0.3, 0.4) is 0 Å². The fourth-order valence-corrected chi connectivity index (χ4v) is 5.27. The molecule has 2 aliphatic rings. The molecule has 1 aliphatic carbocycles. The number of allylic oxidation sites excluding steroid dienone is 2. The van der Waals surface area contributed by atoms with Crippen molar-refractivity contribution in [1.82, 2.24) is 5.32 Å². The number of nitrogens with zero attached hydrogens (tertiary/aromatic N) is 1. The Morgan fingerprint density at radius 3 is 2.24 bits per heavy atom. The monoisotopic (exact) mass is 494 g/mol. The van der Waals surface area contributed by atoms with E-state index >= 15 is 0 Å². The molecule has 7 heteroatoms. The highest BCUT2D eigenvalue weighted by Gasteiger charge is 2.45. The van der Waals surface area contributed by atoms with E-state index in [0.717, 1.165) is 16.8 Å². The van der Waals surface area contributed by atoms with Crippen LogP contribution < -0.4 is 5.32 Å². The number of carbonyl (C=O) groups is 2. The summed E-state index contributed by atoms with van der Waals surface area (Å²) in [5.41, 5.74) is 4.20.